The summed E-state index contributed by atoms with van der Waals surface area (Å²) in [6.45, 7) is 3.39. The second-order valence-electron chi connectivity index (χ2n) is 7.60. The Morgan fingerprint density at radius 1 is 1.00 bits per heavy atom. The number of allylic oxidation sites excluding steroid dienone is 1. The lowest BCUT2D eigenvalue weighted by atomic mass is 10.0. The summed E-state index contributed by atoms with van der Waals surface area (Å²) >= 11 is 1.22. The average molecular weight is 479 g/mol. The predicted molar refractivity (Wildman–Crippen MR) is 133 cm³/mol. The van der Waals surface area contributed by atoms with E-state index in [1.165, 1.54) is 17.4 Å². The van der Waals surface area contributed by atoms with E-state index < -0.39 is 18.5 Å². The topological polar surface area (TPSA) is 93.7 Å². The quantitative estimate of drug-likeness (QED) is 0.340. The lowest BCUT2D eigenvalue weighted by Gasteiger charge is -2.11. The molecule has 0 fully saturated rings. The van der Waals surface area contributed by atoms with Gasteiger partial charge >= 0.3 is 5.97 Å². The maximum absolute atomic E-state index is 13.0. The smallest absolute Gasteiger partial charge is 0.342 e. The molecular weight excluding hydrogens is 452 g/mol. The fourth-order valence-corrected chi connectivity index (χ4v) is 4.15. The molecule has 0 unspecified atom stereocenters. The summed E-state index contributed by atoms with van der Waals surface area (Å²) in [6.07, 6.45) is 1.45. The highest BCUT2D eigenvalue weighted by molar-refractivity contribution is 7.15. The number of rotatable bonds is 9. The Morgan fingerprint density at radius 2 is 1.71 bits per heavy atom. The van der Waals surface area contributed by atoms with Gasteiger partial charge in [-0.3, -0.25) is 9.59 Å². The van der Waals surface area contributed by atoms with E-state index in [9.17, 15) is 14.4 Å². The summed E-state index contributed by atoms with van der Waals surface area (Å²) < 4.78 is 10.6. The van der Waals surface area contributed by atoms with Crippen molar-refractivity contribution < 1.29 is 23.9 Å². The molecule has 0 atom stereocenters. The highest BCUT2D eigenvalue weighted by atomic mass is 32.1. The number of benzene rings is 2. The number of esters is 1. The fraction of sp³-hybridized carbons (Fsp3) is 0.192. The maximum Gasteiger partial charge on any atom is 0.342 e. The van der Waals surface area contributed by atoms with Crippen LogP contribution < -0.4 is 15.4 Å². The first kappa shape index (κ1) is 24.7. The van der Waals surface area contributed by atoms with Crippen LogP contribution in [0.25, 0.3) is 11.1 Å². The number of methoxy groups -OCH3 is 1. The lowest BCUT2D eigenvalue weighted by molar-refractivity contribution is -0.124. The van der Waals surface area contributed by atoms with E-state index in [1.54, 1.807) is 18.6 Å². The molecule has 3 rings (SSSR count). The number of hydrogen-bond acceptors (Lipinski definition) is 6. The molecule has 2 aromatic carbocycles. The number of thiophene rings is 1. The van der Waals surface area contributed by atoms with Crippen LogP contribution in [0.5, 0.6) is 5.75 Å². The third kappa shape index (κ3) is 6.55. The zero-order valence-electron chi connectivity index (χ0n) is 19.2. The molecule has 1 heterocycles. The van der Waals surface area contributed by atoms with Crippen molar-refractivity contribution in [3.05, 3.63) is 82.8 Å². The summed E-state index contributed by atoms with van der Waals surface area (Å²) in [4.78, 5) is 37.6. The van der Waals surface area contributed by atoms with Crippen molar-refractivity contribution in [2.75, 3.05) is 19.0 Å². The molecule has 0 aliphatic rings. The van der Waals surface area contributed by atoms with Crippen LogP contribution in [-0.2, 0) is 20.9 Å². The van der Waals surface area contributed by atoms with Crippen LogP contribution in [-0.4, -0.2) is 31.5 Å². The molecular formula is C26H26N2O5S. The van der Waals surface area contributed by atoms with Crippen molar-refractivity contribution in [3.8, 4) is 16.9 Å². The van der Waals surface area contributed by atoms with Gasteiger partial charge in [-0.25, -0.2) is 4.79 Å². The second-order valence-corrected chi connectivity index (χ2v) is 8.47. The van der Waals surface area contributed by atoms with Gasteiger partial charge in [-0.2, -0.15) is 0 Å². The summed E-state index contributed by atoms with van der Waals surface area (Å²) in [5, 5.41) is 7.61. The minimum Gasteiger partial charge on any atom is -0.496 e. The van der Waals surface area contributed by atoms with Gasteiger partial charge in [-0.1, -0.05) is 54.1 Å². The van der Waals surface area contributed by atoms with Gasteiger partial charge in [0.05, 0.1) is 7.11 Å². The number of anilines is 1. The molecule has 1 aromatic heterocycles. The molecule has 176 valence electrons. The Balaban J connectivity index is 1.73. The van der Waals surface area contributed by atoms with Crippen molar-refractivity contribution in [2.24, 2.45) is 0 Å². The van der Waals surface area contributed by atoms with E-state index >= 15 is 0 Å². The van der Waals surface area contributed by atoms with E-state index in [0.29, 0.717) is 16.3 Å². The van der Waals surface area contributed by atoms with E-state index in [0.717, 1.165) is 16.7 Å². The van der Waals surface area contributed by atoms with Crippen molar-refractivity contribution in [1.82, 2.24) is 5.32 Å². The lowest BCUT2D eigenvalue weighted by Crippen LogP contribution is -2.28. The van der Waals surface area contributed by atoms with E-state index in [1.807, 2.05) is 62.4 Å². The van der Waals surface area contributed by atoms with Crippen LogP contribution in [0.4, 0.5) is 5.00 Å². The number of amides is 2. The van der Waals surface area contributed by atoms with E-state index in [4.69, 9.17) is 9.47 Å². The molecule has 2 amide bonds. The summed E-state index contributed by atoms with van der Waals surface area (Å²) in [7, 11) is 1.56. The van der Waals surface area contributed by atoms with Crippen LogP contribution in [0, 0.1) is 0 Å². The SMILES string of the molecule is COc1ccccc1CNC(=O)COC(=O)c1c(-c2ccccc2)csc1NC(=O)C=C(C)C. The molecule has 0 saturated heterocycles. The molecule has 0 spiro atoms. The van der Waals surface area contributed by atoms with Gasteiger partial charge in [0.1, 0.15) is 16.3 Å². The molecule has 7 nitrogen and oxygen atoms in total. The number of para-hydroxylation sites is 1. The number of carbonyl (C=O) groups excluding carboxylic acids is 3. The highest BCUT2D eigenvalue weighted by Gasteiger charge is 2.23. The monoisotopic (exact) mass is 478 g/mol. The van der Waals surface area contributed by atoms with Gasteiger partial charge < -0.3 is 20.1 Å². The summed E-state index contributed by atoms with van der Waals surface area (Å²) in [5.74, 6) is -0.835. The first-order chi connectivity index (χ1) is 16.4. The number of nitrogens with one attached hydrogen (secondary N) is 2. The number of ether oxygens (including phenoxy) is 2. The zero-order valence-corrected chi connectivity index (χ0v) is 20.0. The van der Waals surface area contributed by atoms with Crippen molar-refractivity contribution in [3.63, 3.8) is 0 Å². The van der Waals surface area contributed by atoms with Crippen LogP contribution >= 0.6 is 11.3 Å². The minimum atomic E-state index is -0.694. The van der Waals surface area contributed by atoms with Gasteiger partial charge in [-0.05, 0) is 25.5 Å². The number of carbonyl (C=O) groups is 3. The molecule has 34 heavy (non-hydrogen) atoms. The number of hydrogen-bond donors (Lipinski definition) is 2. The van der Waals surface area contributed by atoms with Crippen LogP contribution in [0.2, 0.25) is 0 Å². The van der Waals surface area contributed by atoms with E-state index in [2.05, 4.69) is 10.6 Å². The van der Waals surface area contributed by atoms with Crippen molar-refractivity contribution in [2.45, 2.75) is 20.4 Å². The largest absolute Gasteiger partial charge is 0.496 e. The molecule has 0 saturated carbocycles. The first-order valence-electron chi connectivity index (χ1n) is 10.6. The van der Waals surface area contributed by atoms with Crippen molar-refractivity contribution >= 4 is 34.1 Å². The van der Waals surface area contributed by atoms with Gasteiger partial charge in [-0.15, -0.1) is 11.3 Å². The highest BCUT2D eigenvalue weighted by Crippen LogP contribution is 2.36. The Labute approximate surface area is 202 Å². The predicted octanol–water partition coefficient (Wildman–Crippen LogP) is 4.80. The minimum absolute atomic E-state index is 0.212. The first-order valence-corrected chi connectivity index (χ1v) is 11.5. The zero-order chi connectivity index (χ0) is 24.5. The Kier molecular flexibility index (Phi) is 8.59. The van der Waals surface area contributed by atoms with Crippen LogP contribution in [0.3, 0.4) is 0 Å². The molecule has 8 heteroatoms. The Bertz CT molecular complexity index is 1200. The molecule has 0 bridgehead atoms. The van der Waals surface area contributed by atoms with Crippen molar-refractivity contribution in [1.29, 1.82) is 0 Å². The Morgan fingerprint density at radius 3 is 2.41 bits per heavy atom. The van der Waals surface area contributed by atoms with Gasteiger partial charge in [0.15, 0.2) is 6.61 Å². The molecule has 0 aliphatic carbocycles. The van der Waals surface area contributed by atoms with E-state index in [-0.39, 0.29) is 18.0 Å². The summed E-state index contributed by atoms with van der Waals surface area (Å²) in [6, 6.07) is 16.6. The molecule has 3 aromatic rings. The second kappa shape index (κ2) is 11.8. The van der Waals surface area contributed by atoms with Crippen LogP contribution in [0.1, 0.15) is 29.8 Å². The van der Waals surface area contributed by atoms with Gasteiger partial charge in [0, 0.05) is 29.1 Å². The van der Waals surface area contributed by atoms with Gasteiger partial charge in [0.2, 0.25) is 5.91 Å². The molecule has 2 N–H and O–H groups in total. The third-order valence-electron chi connectivity index (χ3n) is 4.74. The maximum atomic E-state index is 13.0. The van der Waals surface area contributed by atoms with Crippen LogP contribution in [0.15, 0.2) is 71.6 Å². The van der Waals surface area contributed by atoms with Gasteiger partial charge in [0.25, 0.3) is 5.91 Å². The standard InChI is InChI=1S/C26H26N2O5S/c1-17(2)13-22(29)28-25-24(20(16-34-25)18-9-5-4-6-10-18)26(31)33-15-23(30)27-14-19-11-7-8-12-21(19)32-3/h4-13,16H,14-15H2,1-3H3,(H,27,30)(H,28,29). The molecule has 0 aliphatic heterocycles. The third-order valence-corrected chi connectivity index (χ3v) is 5.63. The molecule has 0 radical (unpaired) electrons. The Hall–Kier alpha value is -3.91. The average Bonchev–Trinajstić information content (AvgIpc) is 3.24. The fourth-order valence-electron chi connectivity index (χ4n) is 3.19. The normalized spacial score (nSPS) is 10.2. The summed E-state index contributed by atoms with van der Waals surface area (Å²) in [5.41, 5.74) is 3.27.